The number of aromatic nitrogens is 1. The third-order valence-corrected chi connectivity index (χ3v) is 3.60. The topological polar surface area (TPSA) is 69.7 Å². The van der Waals surface area contributed by atoms with Crippen LogP contribution in [-0.2, 0) is 4.79 Å². The lowest BCUT2D eigenvalue weighted by Gasteiger charge is -2.14. The van der Waals surface area contributed by atoms with Crippen LogP contribution in [0, 0.1) is 0 Å². The molecule has 2 aromatic carbocycles. The minimum absolute atomic E-state index is 0.0340. The molecule has 0 bridgehead atoms. The molecule has 0 atom stereocenters. The van der Waals surface area contributed by atoms with E-state index in [4.69, 9.17) is 14.2 Å². The highest BCUT2D eigenvalue weighted by Crippen LogP contribution is 2.28. The Kier molecular flexibility index (Phi) is 6.74. The number of amides is 1. The van der Waals surface area contributed by atoms with Gasteiger partial charge in [-0.05, 0) is 36.4 Å². The average Bonchev–Trinajstić information content (AvgIpc) is 2.72. The zero-order valence-corrected chi connectivity index (χ0v) is 15.6. The number of ether oxygens (including phenoxy) is 3. The van der Waals surface area contributed by atoms with Gasteiger partial charge in [-0.25, -0.2) is 0 Å². The Balaban J connectivity index is 1.56. The molecule has 0 spiro atoms. The van der Waals surface area contributed by atoms with Gasteiger partial charge in [0.15, 0.2) is 24.7 Å². The monoisotopic (exact) mass is 418 g/mol. The normalized spacial score (nSPS) is 10.9. The Hall–Kier alpha value is -3.75. The van der Waals surface area contributed by atoms with Crippen LogP contribution in [0.25, 0.3) is 0 Å². The standard InChI is InChI=1S/C21H17F3N2O4/c22-21(23,24)14-29-19-7-2-1-6-18(19)28-13-20(27)26-15-4-3-5-17(12-15)30-16-8-10-25-11-9-16/h1-12H,13-14H2,(H,26,27). The van der Waals surface area contributed by atoms with E-state index in [2.05, 4.69) is 10.3 Å². The van der Waals surface area contributed by atoms with Gasteiger partial charge in [0.05, 0.1) is 0 Å². The molecule has 0 aliphatic carbocycles. The lowest BCUT2D eigenvalue weighted by atomic mass is 10.3. The number of nitrogens with one attached hydrogen (secondary N) is 1. The summed E-state index contributed by atoms with van der Waals surface area (Å²) in [6.07, 6.45) is -1.29. The van der Waals surface area contributed by atoms with Crippen molar-refractivity contribution >= 4 is 11.6 Å². The SMILES string of the molecule is O=C(COc1ccccc1OCC(F)(F)F)Nc1cccc(Oc2ccncc2)c1. The summed E-state index contributed by atoms with van der Waals surface area (Å²) in [5.74, 6) is 0.529. The summed E-state index contributed by atoms with van der Waals surface area (Å²) < 4.78 is 52.8. The number of anilines is 1. The quantitative estimate of drug-likeness (QED) is 0.567. The van der Waals surface area contributed by atoms with Crippen molar-refractivity contribution in [3.63, 3.8) is 0 Å². The van der Waals surface area contributed by atoms with Crippen molar-refractivity contribution in [2.24, 2.45) is 0 Å². The second-order valence-electron chi connectivity index (χ2n) is 6.00. The van der Waals surface area contributed by atoms with Gasteiger partial charge in [-0.15, -0.1) is 0 Å². The molecule has 0 saturated heterocycles. The summed E-state index contributed by atoms with van der Waals surface area (Å²) in [6.45, 7) is -1.87. The molecular weight excluding hydrogens is 401 g/mol. The highest BCUT2D eigenvalue weighted by Gasteiger charge is 2.29. The molecule has 6 nitrogen and oxygen atoms in total. The Bertz CT molecular complexity index is 981. The number of hydrogen-bond acceptors (Lipinski definition) is 5. The smallest absolute Gasteiger partial charge is 0.422 e. The van der Waals surface area contributed by atoms with E-state index in [1.54, 1.807) is 54.9 Å². The molecule has 0 aliphatic rings. The number of rotatable bonds is 8. The van der Waals surface area contributed by atoms with Gasteiger partial charge in [0.1, 0.15) is 11.5 Å². The first-order valence-corrected chi connectivity index (χ1v) is 8.78. The molecule has 9 heteroatoms. The van der Waals surface area contributed by atoms with Crippen LogP contribution in [0.15, 0.2) is 73.1 Å². The summed E-state index contributed by atoms with van der Waals surface area (Å²) in [6, 6.07) is 15.9. The summed E-state index contributed by atoms with van der Waals surface area (Å²) in [5.41, 5.74) is 0.469. The molecule has 0 saturated carbocycles. The van der Waals surface area contributed by atoms with Crippen LogP contribution in [0.4, 0.5) is 18.9 Å². The van der Waals surface area contributed by atoms with E-state index in [1.165, 1.54) is 18.2 Å². The Morgan fingerprint density at radius 1 is 0.900 bits per heavy atom. The molecule has 1 amide bonds. The molecule has 0 radical (unpaired) electrons. The third-order valence-electron chi connectivity index (χ3n) is 3.60. The van der Waals surface area contributed by atoms with Gasteiger partial charge in [0, 0.05) is 24.1 Å². The summed E-state index contributed by atoms with van der Waals surface area (Å²) >= 11 is 0. The van der Waals surface area contributed by atoms with Gasteiger partial charge in [-0.2, -0.15) is 13.2 Å². The molecule has 0 fully saturated rings. The first kappa shape index (κ1) is 21.0. The van der Waals surface area contributed by atoms with Gasteiger partial charge in [0.25, 0.3) is 5.91 Å². The summed E-state index contributed by atoms with van der Waals surface area (Å²) in [5, 5.41) is 2.64. The van der Waals surface area contributed by atoms with Crippen molar-refractivity contribution in [3.8, 4) is 23.0 Å². The zero-order valence-electron chi connectivity index (χ0n) is 15.6. The number of hydrogen-bond donors (Lipinski definition) is 1. The van der Waals surface area contributed by atoms with Crippen molar-refractivity contribution in [3.05, 3.63) is 73.1 Å². The number of nitrogens with zero attached hydrogens (tertiary/aromatic N) is 1. The van der Waals surface area contributed by atoms with Crippen LogP contribution in [-0.4, -0.2) is 30.3 Å². The summed E-state index contributed by atoms with van der Waals surface area (Å²) in [7, 11) is 0. The fraction of sp³-hybridized carbons (Fsp3) is 0.143. The lowest BCUT2D eigenvalue weighted by Crippen LogP contribution is -2.21. The fourth-order valence-electron chi connectivity index (χ4n) is 2.37. The predicted octanol–water partition coefficient (Wildman–Crippen LogP) is 4.83. The second kappa shape index (κ2) is 9.64. The van der Waals surface area contributed by atoms with E-state index in [9.17, 15) is 18.0 Å². The predicted molar refractivity (Wildman–Crippen MR) is 103 cm³/mol. The molecule has 3 rings (SSSR count). The van der Waals surface area contributed by atoms with Crippen LogP contribution in [0.1, 0.15) is 0 Å². The lowest BCUT2D eigenvalue weighted by molar-refractivity contribution is -0.153. The van der Waals surface area contributed by atoms with Crippen molar-refractivity contribution in [2.45, 2.75) is 6.18 Å². The molecule has 1 heterocycles. The maximum atomic E-state index is 12.4. The minimum Gasteiger partial charge on any atom is -0.480 e. The van der Waals surface area contributed by atoms with Crippen molar-refractivity contribution in [1.29, 1.82) is 0 Å². The first-order chi connectivity index (χ1) is 14.4. The molecule has 0 aliphatic heterocycles. The first-order valence-electron chi connectivity index (χ1n) is 8.78. The number of carbonyl (C=O) groups is 1. The molecule has 30 heavy (non-hydrogen) atoms. The Morgan fingerprint density at radius 2 is 1.60 bits per heavy atom. The van der Waals surface area contributed by atoms with Crippen molar-refractivity contribution in [2.75, 3.05) is 18.5 Å². The molecule has 1 aromatic heterocycles. The van der Waals surface area contributed by atoms with Gasteiger partial charge < -0.3 is 19.5 Å². The summed E-state index contributed by atoms with van der Waals surface area (Å²) in [4.78, 5) is 16.1. The van der Waals surface area contributed by atoms with E-state index in [-0.39, 0.29) is 11.5 Å². The van der Waals surface area contributed by atoms with Crippen LogP contribution < -0.4 is 19.5 Å². The maximum absolute atomic E-state index is 12.4. The molecule has 1 N–H and O–H groups in total. The minimum atomic E-state index is -4.48. The van der Waals surface area contributed by atoms with Crippen LogP contribution in [0.3, 0.4) is 0 Å². The highest BCUT2D eigenvalue weighted by atomic mass is 19.4. The van der Waals surface area contributed by atoms with E-state index in [0.29, 0.717) is 17.2 Å². The van der Waals surface area contributed by atoms with E-state index in [0.717, 1.165) is 0 Å². The number of benzene rings is 2. The fourth-order valence-corrected chi connectivity index (χ4v) is 2.37. The van der Waals surface area contributed by atoms with E-state index < -0.39 is 25.3 Å². The van der Waals surface area contributed by atoms with Crippen LogP contribution >= 0.6 is 0 Å². The largest absolute Gasteiger partial charge is 0.480 e. The van der Waals surface area contributed by atoms with Crippen LogP contribution in [0.5, 0.6) is 23.0 Å². The number of carbonyl (C=O) groups excluding carboxylic acids is 1. The maximum Gasteiger partial charge on any atom is 0.422 e. The molecule has 156 valence electrons. The number of alkyl halides is 3. The zero-order chi connectivity index (χ0) is 21.4. The van der Waals surface area contributed by atoms with E-state index >= 15 is 0 Å². The third kappa shape index (κ3) is 6.69. The van der Waals surface area contributed by atoms with Gasteiger partial charge >= 0.3 is 6.18 Å². The number of halogens is 3. The molecular formula is C21H17F3N2O4. The molecule has 0 unspecified atom stereocenters. The Morgan fingerprint density at radius 3 is 2.30 bits per heavy atom. The van der Waals surface area contributed by atoms with Crippen molar-refractivity contribution in [1.82, 2.24) is 4.98 Å². The number of pyridine rings is 1. The Labute approximate surface area is 170 Å². The van der Waals surface area contributed by atoms with Gasteiger partial charge in [-0.3, -0.25) is 9.78 Å². The number of para-hydroxylation sites is 2. The van der Waals surface area contributed by atoms with Gasteiger partial charge in [-0.1, -0.05) is 18.2 Å². The average molecular weight is 418 g/mol. The van der Waals surface area contributed by atoms with Crippen LogP contribution in [0.2, 0.25) is 0 Å². The van der Waals surface area contributed by atoms with E-state index in [1.807, 2.05) is 0 Å². The van der Waals surface area contributed by atoms with Crippen molar-refractivity contribution < 1.29 is 32.2 Å². The molecule has 3 aromatic rings. The highest BCUT2D eigenvalue weighted by molar-refractivity contribution is 5.92. The second-order valence-corrected chi connectivity index (χ2v) is 6.00. The van der Waals surface area contributed by atoms with Gasteiger partial charge in [0.2, 0.25) is 0 Å².